The lowest BCUT2D eigenvalue weighted by Crippen LogP contribution is -2.31. The molecule has 0 saturated heterocycles. The number of hydrazine groups is 1. The Kier molecular flexibility index (Phi) is 4.46. The zero-order valence-electron chi connectivity index (χ0n) is 11.4. The molecule has 0 radical (unpaired) electrons. The van der Waals surface area contributed by atoms with E-state index < -0.39 is 0 Å². The lowest BCUT2D eigenvalue weighted by Gasteiger charge is -2.27. The van der Waals surface area contributed by atoms with Gasteiger partial charge in [0.15, 0.2) is 0 Å². The minimum atomic E-state index is 0.0102. The van der Waals surface area contributed by atoms with Gasteiger partial charge in [0.05, 0.1) is 6.04 Å². The first-order valence-electron chi connectivity index (χ1n) is 6.22. The van der Waals surface area contributed by atoms with E-state index in [1.165, 1.54) is 16.7 Å². The first-order valence-corrected chi connectivity index (χ1v) is 7.96. The second-order valence-corrected chi connectivity index (χ2v) is 7.21. The van der Waals surface area contributed by atoms with E-state index in [2.05, 4.69) is 77.2 Å². The van der Waals surface area contributed by atoms with E-state index in [1.807, 2.05) is 0 Å². The van der Waals surface area contributed by atoms with E-state index in [4.69, 9.17) is 5.84 Å². The molecule has 2 rings (SSSR count). The summed E-state index contributed by atoms with van der Waals surface area (Å²) in [4.78, 5) is 0. The Hall–Kier alpha value is -0.680. The van der Waals surface area contributed by atoms with E-state index in [9.17, 15) is 0 Å². The number of rotatable bonds is 3. The maximum atomic E-state index is 5.81. The highest BCUT2D eigenvalue weighted by atomic mass is 79.9. The van der Waals surface area contributed by atoms with E-state index >= 15 is 0 Å². The van der Waals surface area contributed by atoms with Crippen molar-refractivity contribution in [3.05, 3.63) is 56.2 Å². The molecule has 0 bridgehead atoms. The van der Waals surface area contributed by atoms with Crippen LogP contribution in [0.5, 0.6) is 0 Å². The predicted octanol–water partition coefficient (Wildman–Crippen LogP) is 4.36. The Morgan fingerprint density at radius 3 is 2.37 bits per heavy atom. The molecule has 4 heteroatoms. The molecule has 2 aromatic rings. The highest BCUT2D eigenvalue weighted by molar-refractivity contribution is 9.10. The summed E-state index contributed by atoms with van der Waals surface area (Å²) in [5.41, 5.74) is 6.78. The molecule has 1 aromatic carbocycles. The minimum Gasteiger partial charge on any atom is -0.271 e. The van der Waals surface area contributed by atoms with Crippen molar-refractivity contribution < 1.29 is 0 Å². The van der Waals surface area contributed by atoms with Crippen LogP contribution in [-0.2, 0) is 5.41 Å². The van der Waals surface area contributed by atoms with Gasteiger partial charge in [-0.05, 0) is 43.4 Å². The summed E-state index contributed by atoms with van der Waals surface area (Å²) < 4.78 is 1.10. The third-order valence-corrected chi connectivity index (χ3v) is 4.95. The second-order valence-electron chi connectivity index (χ2n) is 5.61. The van der Waals surface area contributed by atoms with Gasteiger partial charge in [0.25, 0.3) is 0 Å². The summed E-state index contributed by atoms with van der Waals surface area (Å²) in [7, 11) is 0. The summed E-state index contributed by atoms with van der Waals surface area (Å²) in [5.74, 6) is 5.81. The number of nitrogens with two attached hydrogens (primary N) is 1. The van der Waals surface area contributed by atoms with Crippen molar-refractivity contribution >= 4 is 27.3 Å². The van der Waals surface area contributed by atoms with Crippen molar-refractivity contribution in [3.8, 4) is 0 Å². The smallest absolute Gasteiger partial charge is 0.0732 e. The van der Waals surface area contributed by atoms with Gasteiger partial charge in [-0.3, -0.25) is 5.84 Å². The van der Waals surface area contributed by atoms with Crippen molar-refractivity contribution in [3.63, 3.8) is 0 Å². The fourth-order valence-electron chi connectivity index (χ4n) is 2.28. The van der Waals surface area contributed by atoms with Gasteiger partial charge in [0.1, 0.15) is 0 Å². The molecule has 1 heterocycles. The van der Waals surface area contributed by atoms with Gasteiger partial charge in [-0.25, -0.2) is 5.43 Å². The van der Waals surface area contributed by atoms with E-state index in [0.717, 1.165) is 4.47 Å². The molecule has 0 amide bonds. The molecule has 0 aliphatic heterocycles. The summed E-state index contributed by atoms with van der Waals surface area (Å²) >= 11 is 5.27. The van der Waals surface area contributed by atoms with E-state index in [-0.39, 0.29) is 11.5 Å². The van der Waals surface area contributed by atoms with Crippen LogP contribution in [0.1, 0.15) is 43.5 Å². The lowest BCUT2D eigenvalue weighted by atomic mass is 9.81. The molecule has 3 N–H and O–H groups in total. The van der Waals surface area contributed by atoms with Crippen LogP contribution in [0.2, 0.25) is 0 Å². The largest absolute Gasteiger partial charge is 0.271 e. The van der Waals surface area contributed by atoms with Gasteiger partial charge >= 0.3 is 0 Å². The Balaban J connectivity index is 2.54. The molecule has 0 spiro atoms. The van der Waals surface area contributed by atoms with Gasteiger partial charge in [-0.2, -0.15) is 11.3 Å². The molecule has 0 aliphatic rings. The maximum absolute atomic E-state index is 5.81. The van der Waals surface area contributed by atoms with Crippen molar-refractivity contribution in [1.29, 1.82) is 0 Å². The second kappa shape index (κ2) is 5.75. The van der Waals surface area contributed by atoms with Crippen LogP contribution in [0.3, 0.4) is 0 Å². The Labute approximate surface area is 127 Å². The van der Waals surface area contributed by atoms with E-state index in [0.29, 0.717) is 0 Å². The molecule has 102 valence electrons. The van der Waals surface area contributed by atoms with Crippen molar-refractivity contribution in [2.75, 3.05) is 0 Å². The van der Waals surface area contributed by atoms with Crippen molar-refractivity contribution in [2.45, 2.75) is 32.2 Å². The fraction of sp³-hybridized carbons (Fsp3) is 0.333. The molecule has 2 nitrogen and oxygen atoms in total. The zero-order valence-corrected chi connectivity index (χ0v) is 13.8. The molecule has 19 heavy (non-hydrogen) atoms. The zero-order chi connectivity index (χ0) is 14.0. The van der Waals surface area contributed by atoms with Crippen LogP contribution < -0.4 is 11.3 Å². The summed E-state index contributed by atoms with van der Waals surface area (Å²) in [6, 6.07) is 8.49. The molecule has 0 fully saturated rings. The first kappa shape index (κ1) is 14.7. The summed E-state index contributed by atoms with van der Waals surface area (Å²) in [6.07, 6.45) is 0. The highest BCUT2D eigenvalue weighted by Gasteiger charge is 2.24. The minimum absolute atomic E-state index is 0.0102. The van der Waals surface area contributed by atoms with Crippen LogP contribution in [0.15, 0.2) is 39.5 Å². The number of benzene rings is 1. The van der Waals surface area contributed by atoms with Crippen LogP contribution in [0.25, 0.3) is 0 Å². The number of thiophene rings is 1. The highest BCUT2D eigenvalue weighted by Crippen LogP contribution is 2.36. The monoisotopic (exact) mass is 338 g/mol. The number of nitrogens with one attached hydrogen (secondary N) is 1. The van der Waals surface area contributed by atoms with Crippen LogP contribution >= 0.6 is 27.3 Å². The van der Waals surface area contributed by atoms with Gasteiger partial charge in [0.2, 0.25) is 0 Å². The van der Waals surface area contributed by atoms with Crippen LogP contribution in [0, 0.1) is 0 Å². The number of hydrogen-bond acceptors (Lipinski definition) is 3. The van der Waals surface area contributed by atoms with Gasteiger partial charge < -0.3 is 0 Å². The van der Waals surface area contributed by atoms with Gasteiger partial charge in [0, 0.05) is 9.85 Å². The standard InChI is InChI=1S/C15H19BrN2S/c1-15(2,3)12-7-5-4-6-10(12)14(18-17)11-8-19-9-13(11)16/h4-9,14,18H,17H2,1-3H3. The number of hydrogen-bond donors (Lipinski definition) is 2. The Morgan fingerprint density at radius 1 is 1.16 bits per heavy atom. The molecule has 0 saturated carbocycles. The quantitative estimate of drug-likeness (QED) is 0.644. The van der Waals surface area contributed by atoms with Crippen molar-refractivity contribution in [2.24, 2.45) is 5.84 Å². The third-order valence-electron chi connectivity index (χ3n) is 3.20. The predicted molar refractivity (Wildman–Crippen MR) is 86.3 cm³/mol. The SMILES string of the molecule is CC(C)(C)c1ccccc1C(NN)c1cscc1Br. The average molecular weight is 339 g/mol. The first-order chi connectivity index (χ1) is 8.95. The topological polar surface area (TPSA) is 38.0 Å². The summed E-state index contributed by atoms with van der Waals surface area (Å²) in [6.45, 7) is 6.67. The Morgan fingerprint density at radius 2 is 1.84 bits per heavy atom. The average Bonchev–Trinajstić information content (AvgIpc) is 2.76. The third kappa shape index (κ3) is 3.08. The van der Waals surface area contributed by atoms with Crippen molar-refractivity contribution in [1.82, 2.24) is 5.43 Å². The van der Waals surface area contributed by atoms with Gasteiger partial charge in [-0.1, -0.05) is 45.0 Å². The molecule has 1 atom stereocenters. The Bertz CT molecular complexity index is 557. The maximum Gasteiger partial charge on any atom is 0.0732 e. The fourth-order valence-corrected chi connectivity index (χ4v) is 3.83. The molecular formula is C15H19BrN2S. The van der Waals surface area contributed by atoms with Gasteiger partial charge in [-0.15, -0.1) is 0 Å². The van der Waals surface area contributed by atoms with Crippen LogP contribution in [0.4, 0.5) is 0 Å². The summed E-state index contributed by atoms with van der Waals surface area (Å²) in [5, 5.41) is 4.22. The van der Waals surface area contributed by atoms with E-state index in [1.54, 1.807) is 11.3 Å². The molecular weight excluding hydrogens is 320 g/mol. The molecule has 1 aromatic heterocycles. The lowest BCUT2D eigenvalue weighted by molar-refractivity contribution is 0.558. The normalized spacial score (nSPS) is 13.5. The number of halogens is 1. The molecule has 1 unspecified atom stereocenters. The molecule has 0 aliphatic carbocycles. The van der Waals surface area contributed by atoms with Crippen LogP contribution in [-0.4, -0.2) is 0 Å².